The van der Waals surface area contributed by atoms with Gasteiger partial charge in [-0.15, -0.1) is 0 Å². The van der Waals surface area contributed by atoms with Gasteiger partial charge in [0.05, 0.1) is 11.3 Å². The van der Waals surface area contributed by atoms with Crippen LogP contribution in [0.5, 0.6) is 5.75 Å². The fourth-order valence-corrected chi connectivity index (χ4v) is 3.54. The number of nitrogens with one attached hydrogen (secondary N) is 2. The molecule has 2 heterocycles. The second-order valence-corrected chi connectivity index (χ2v) is 6.30. The van der Waals surface area contributed by atoms with Crippen LogP contribution in [0.4, 0.5) is 5.69 Å². The SMILES string of the molecule is CCc1ccc2c(c1)C(=Cc1[nH]c3c(c1O)CCCC3)C(=O)N2. The number of anilines is 1. The highest BCUT2D eigenvalue weighted by molar-refractivity contribution is 6.35. The molecule has 4 rings (SSSR count). The van der Waals surface area contributed by atoms with Crippen LogP contribution >= 0.6 is 0 Å². The maximum Gasteiger partial charge on any atom is 0.256 e. The summed E-state index contributed by atoms with van der Waals surface area (Å²) < 4.78 is 0. The van der Waals surface area contributed by atoms with Gasteiger partial charge in [0, 0.05) is 22.5 Å². The van der Waals surface area contributed by atoms with Crippen molar-refractivity contribution in [1.82, 2.24) is 4.98 Å². The number of carbonyl (C=O) groups is 1. The molecule has 3 N–H and O–H groups in total. The van der Waals surface area contributed by atoms with Crippen LogP contribution in [-0.4, -0.2) is 16.0 Å². The van der Waals surface area contributed by atoms with E-state index in [0.717, 1.165) is 54.6 Å². The van der Waals surface area contributed by atoms with Gasteiger partial charge >= 0.3 is 0 Å². The summed E-state index contributed by atoms with van der Waals surface area (Å²) in [4.78, 5) is 15.6. The van der Waals surface area contributed by atoms with Crippen LogP contribution < -0.4 is 5.32 Å². The highest BCUT2D eigenvalue weighted by Gasteiger charge is 2.26. The molecule has 2 aromatic rings. The number of rotatable bonds is 2. The molecule has 0 spiro atoms. The molecular formula is C19H20N2O2. The number of H-pyrrole nitrogens is 1. The van der Waals surface area contributed by atoms with Crippen LogP contribution in [0.1, 0.15) is 47.8 Å². The van der Waals surface area contributed by atoms with Crippen LogP contribution in [0.2, 0.25) is 0 Å². The van der Waals surface area contributed by atoms with Gasteiger partial charge in [-0.1, -0.05) is 13.0 Å². The Balaban J connectivity index is 1.81. The number of fused-ring (bicyclic) bond motifs is 2. The van der Waals surface area contributed by atoms with Crippen molar-refractivity contribution in [2.75, 3.05) is 5.32 Å². The van der Waals surface area contributed by atoms with Gasteiger partial charge in [0.25, 0.3) is 5.91 Å². The molecule has 4 heteroatoms. The van der Waals surface area contributed by atoms with Gasteiger partial charge in [-0.3, -0.25) is 4.79 Å². The number of amides is 1. The second kappa shape index (κ2) is 5.30. The van der Waals surface area contributed by atoms with Gasteiger partial charge in [0.1, 0.15) is 5.75 Å². The van der Waals surface area contributed by atoms with Crippen molar-refractivity contribution in [2.45, 2.75) is 39.0 Å². The maximum absolute atomic E-state index is 12.3. The second-order valence-electron chi connectivity index (χ2n) is 6.30. The standard InChI is InChI=1S/C19H20N2O2/c1-2-11-7-8-16-13(9-11)14(19(23)21-16)10-17-18(22)12-5-3-4-6-15(12)20-17/h7-10,20,22H,2-6H2,1H3,(H,21,23). The minimum Gasteiger partial charge on any atom is -0.505 e. The van der Waals surface area contributed by atoms with E-state index in [1.807, 2.05) is 12.1 Å². The zero-order valence-corrected chi connectivity index (χ0v) is 13.2. The molecule has 0 saturated carbocycles. The molecule has 1 amide bonds. The Morgan fingerprint density at radius 2 is 2.09 bits per heavy atom. The topological polar surface area (TPSA) is 65.1 Å². The van der Waals surface area contributed by atoms with Crippen molar-refractivity contribution in [3.63, 3.8) is 0 Å². The van der Waals surface area contributed by atoms with Crippen molar-refractivity contribution >= 4 is 23.2 Å². The Hall–Kier alpha value is -2.49. The summed E-state index contributed by atoms with van der Waals surface area (Å²) in [6.07, 6.45) is 6.84. The first-order chi connectivity index (χ1) is 11.2. The molecular weight excluding hydrogens is 288 g/mol. The Labute approximate surface area is 135 Å². The van der Waals surface area contributed by atoms with Crippen molar-refractivity contribution in [3.8, 4) is 5.75 Å². The highest BCUT2D eigenvalue weighted by Crippen LogP contribution is 2.38. The largest absolute Gasteiger partial charge is 0.505 e. The molecule has 0 unspecified atom stereocenters. The van der Waals surface area contributed by atoms with E-state index >= 15 is 0 Å². The summed E-state index contributed by atoms with van der Waals surface area (Å²) >= 11 is 0. The number of aryl methyl sites for hydroxylation is 2. The lowest BCUT2D eigenvalue weighted by Crippen LogP contribution is -2.03. The molecule has 0 saturated heterocycles. The Kier molecular flexibility index (Phi) is 3.26. The normalized spacial score (nSPS) is 18.0. The molecule has 0 radical (unpaired) electrons. The van der Waals surface area contributed by atoms with Crippen LogP contribution in [0.25, 0.3) is 11.6 Å². The molecule has 2 aliphatic rings. The molecule has 118 valence electrons. The quantitative estimate of drug-likeness (QED) is 0.741. The molecule has 23 heavy (non-hydrogen) atoms. The molecule has 0 atom stereocenters. The smallest absolute Gasteiger partial charge is 0.256 e. The third-order valence-corrected chi connectivity index (χ3v) is 4.86. The minimum atomic E-state index is -0.111. The summed E-state index contributed by atoms with van der Waals surface area (Å²) in [6, 6.07) is 6.04. The summed E-state index contributed by atoms with van der Waals surface area (Å²) in [6.45, 7) is 2.10. The van der Waals surface area contributed by atoms with Gasteiger partial charge in [0.2, 0.25) is 0 Å². The number of aromatic amines is 1. The third kappa shape index (κ3) is 2.25. The zero-order chi connectivity index (χ0) is 16.0. The van der Waals surface area contributed by atoms with Gasteiger partial charge in [-0.25, -0.2) is 0 Å². The first kappa shape index (κ1) is 14.1. The Morgan fingerprint density at radius 1 is 1.26 bits per heavy atom. The number of benzene rings is 1. The predicted octanol–water partition coefficient (Wildman–Crippen LogP) is 3.65. The summed E-state index contributed by atoms with van der Waals surface area (Å²) in [7, 11) is 0. The van der Waals surface area contributed by atoms with E-state index < -0.39 is 0 Å². The lowest BCUT2D eigenvalue weighted by atomic mass is 9.97. The summed E-state index contributed by atoms with van der Waals surface area (Å²) in [5, 5.41) is 13.4. The van der Waals surface area contributed by atoms with Gasteiger partial charge in [-0.05, 0) is 55.9 Å². The van der Waals surface area contributed by atoms with E-state index in [9.17, 15) is 9.90 Å². The van der Waals surface area contributed by atoms with Crippen molar-refractivity contribution in [2.24, 2.45) is 0 Å². The molecule has 4 nitrogen and oxygen atoms in total. The average Bonchev–Trinajstić information content (AvgIpc) is 3.05. The fourth-order valence-electron chi connectivity index (χ4n) is 3.54. The molecule has 1 aromatic carbocycles. The van der Waals surface area contributed by atoms with Crippen LogP contribution in [0.15, 0.2) is 18.2 Å². The van der Waals surface area contributed by atoms with Gasteiger partial charge in [-0.2, -0.15) is 0 Å². The summed E-state index contributed by atoms with van der Waals surface area (Å²) in [5.74, 6) is 0.195. The predicted molar refractivity (Wildman–Crippen MR) is 91.4 cm³/mol. The van der Waals surface area contributed by atoms with Crippen LogP contribution in [-0.2, 0) is 24.1 Å². The van der Waals surface area contributed by atoms with Crippen LogP contribution in [0.3, 0.4) is 0 Å². The number of carbonyl (C=O) groups excluding carboxylic acids is 1. The van der Waals surface area contributed by atoms with E-state index in [2.05, 4.69) is 23.3 Å². The van der Waals surface area contributed by atoms with E-state index in [0.29, 0.717) is 17.0 Å². The lowest BCUT2D eigenvalue weighted by Gasteiger charge is -2.09. The van der Waals surface area contributed by atoms with Gasteiger partial charge in [0.15, 0.2) is 0 Å². The molecule has 1 aromatic heterocycles. The molecule has 1 aliphatic carbocycles. The first-order valence-electron chi connectivity index (χ1n) is 8.26. The molecule has 0 bridgehead atoms. The average molecular weight is 308 g/mol. The van der Waals surface area contributed by atoms with E-state index in [1.165, 1.54) is 5.56 Å². The monoisotopic (exact) mass is 308 g/mol. The van der Waals surface area contributed by atoms with Crippen molar-refractivity contribution in [1.29, 1.82) is 0 Å². The molecule has 0 fully saturated rings. The Morgan fingerprint density at radius 3 is 2.87 bits per heavy atom. The maximum atomic E-state index is 12.3. The lowest BCUT2D eigenvalue weighted by molar-refractivity contribution is -0.110. The van der Waals surface area contributed by atoms with Gasteiger partial charge < -0.3 is 15.4 Å². The van der Waals surface area contributed by atoms with E-state index in [-0.39, 0.29) is 5.91 Å². The van der Waals surface area contributed by atoms with E-state index in [1.54, 1.807) is 6.08 Å². The van der Waals surface area contributed by atoms with Crippen LogP contribution in [0, 0.1) is 0 Å². The zero-order valence-electron chi connectivity index (χ0n) is 13.2. The fraction of sp³-hybridized carbons (Fsp3) is 0.316. The number of aromatic nitrogens is 1. The summed E-state index contributed by atoms with van der Waals surface area (Å²) in [5.41, 5.74) is 6.35. The van der Waals surface area contributed by atoms with Crippen molar-refractivity contribution < 1.29 is 9.90 Å². The van der Waals surface area contributed by atoms with E-state index in [4.69, 9.17) is 0 Å². The Bertz CT molecular complexity index is 830. The number of hydrogen-bond acceptors (Lipinski definition) is 2. The number of aromatic hydroxyl groups is 1. The third-order valence-electron chi connectivity index (χ3n) is 4.86. The number of hydrogen-bond donors (Lipinski definition) is 3. The highest BCUT2D eigenvalue weighted by atomic mass is 16.3. The minimum absolute atomic E-state index is 0.111. The first-order valence-corrected chi connectivity index (χ1v) is 8.26. The molecule has 1 aliphatic heterocycles. The van der Waals surface area contributed by atoms with Crippen molar-refractivity contribution in [3.05, 3.63) is 46.3 Å².